The molecule has 0 aromatic carbocycles. The summed E-state index contributed by atoms with van der Waals surface area (Å²) in [7, 11) is 0. The smallest absolute Gasteiger partial charge is 0.0759 e. The van der Waals surface area contributed by atoms with E-state index in [4.69, 9.17) is 10.2 Å². The van der Waals surface area contributed by atoms with Crippen LogP contribution in [0.3, 0.4) is 0 Å². The Labute approximate surface area is 72.3 Å². The van der Waals surface area contributed by atoms with E-state index in [0.717, 1.165) is 5.57 Å². The third-order valence-corrected chi connectivity index (χ3v) is 2.63. The second kappa shape index (κ2) is 4.03. The fourth-order valence-corrected chi connectivity index (χ4v) is 1.89. The number of aliphatic hydroxyl groups is 3. The lowest BCUT2D eigenvalue weighted by Gasteiger charge is -2.20. The van der Waals surface area contributed by atoms with E-state index < -0.39 is 6.10 Å². The van der Waals surface area contributed by atoms with Crippen LogP contribution < -0.4 is 0 Å². The van der Waals surface area contributed by atoms with E-state index >= 15 is 0 Å². The van der Waals surface area contributed by atoms with Gasteiger partial charge >= 0.3 is 0 Å². The molecule has 0 spiro atoms. The van der Waals surface area contributed by atoms with Gasteiger partial charge in [0.2, 0.25) is 0 Å². The minimum absolute atomic E-state index is 0.000000000000000222. The standard InChI is InChI=1S/C9H16O3/c1-6-4-9(12)7(2-3-10)8(6)5-11/h4,7-12H,2-3,5H2,1H3/t7-,8-,9-/m1/s1. The predicted molar refractivity (Wildman–Crippen MR) is 45.5 cm³/mol. The summed E-state index contributed by atoms with van der Waals surface area (Å²) >= 11 is 0. The van der Waals surface area contributed by atoms with Crippen LogP contribution in [0.15, 0.2) is 11.6 Å². The van der Waals surface area contributed by atoms with Crippen molar-refractivity contribution in [3.63, 3.8) is 0 Å². The van der Waals surface area contributed by atoms with Crippen molar-refractivity contribution < 1.29 is 15.3 Å². The Morgan fingerprint density at radius 2 is 2.08 bits per heavy atom. The summed E-state index contributed by atoms with van der Waals surface area (Å²) in [5.41, 5.74) is 1.03. The lowest BCUT2D eigenvalue weighted by Crippen LogP contribution is -2.24. The lowest BCUT2D eigenvalue weighted by atomic mass is 9.89. The van der Waals surface area contributed by atoms with Crippen LogP contribution in [0.1, 0.15) is 13.3 Å². The van der Waals surface area contributed by atoms with Gasteiger partial charge in [-0.15, -0.1) is 0 Å². The number of hydrogen-bond acceptors (Lipinski definition) is 3. The molecule has 1 aliphatic carbocycles. The first-order valence-electron chi connectivity index (χ1n) is 4.28. The van der Waals surface area contributed by atoms with Crippen molar-refractivity contribution in [3.8, 4) is 0 Å². The van der Waals surface area contributed by atoms with E-state index in [1.165, 1.54) is 0 Å². The maximum atomic E-state index is 9.49. The van der Waals surface area contributed by atoms with Crippen LogP contribution in [0.5, 0.6) is 0 Å². The average Bonchev–Trinajstić information content (AvgIpc) is 2.28. The van der Waals surface area contributed by atoms with Crippen LogP contribution in [0.2, 0.25) is 0 Å². The summed E-state index contributed by atoms with van der Waals surface area (Å²) in [5.74, 6) is 0.0344. The molecule has 0 heterocycles. The molecule has 0 aliphatic heterocycles. The predicted octanol–water partition coefficient (Wildman–Crippen LogP) is -0.0857. The van der Waals surface area contributed by atoms with Crippen molar-refractivity contribution in [1.29, 1.82) is 0 Å². The van der Waals surface area contributed by atoms with Gasteiger partial charge in [0.1, 0.15) is 0 Å². The second-order valence-electron chi connectivity index (χ2n) is 3.37. The molecule has 3 heteroatoms. The Morgan fingerprint density at radius 1 is 1.42 bits per heavy atom. The van der Waals surface area contributed by atoms with Crippen LogP contribution in [0.25, 0.3) is 0 Å². The first-order valence-corrected chi connectivity index (χ1v) is 4.28. The third kappa shape index (κ3) is 1.68. The van der Waals surface area contributed by atoms with Gasteiger partial charge < -0.3 is 15.3 Å². The van der Waals surface area contributed by atoms with Crippen molar-refractivity contribution in [2.24, 2.45) is 11.8 Å². The SMILES string of the molecule is CC1=C[C@@H](O)[C@H](CCO)[C@@H]1CO. The van der Waals surface area contributed by atoms with Crippen molar-refractivity contribution in [3.05, 3.63) is 11.6 Å². The summed E-state index contributed by atoms with van der Waals surface area (Å²) in [6.07, 6.45) is 1.83. The van der Waals surface area contributed by atoms with Gasteiger partial charge in [-0.2, -0.15) is 0 Å². The van der Waals surface area contributed by atoms with E-state index in [0.29, 0.717) is 6.42 Å². The van der Waals surface area contributed by atoms with Crippen molar-refractivity contribution in [2.75, 3.05) is 13.2 Å². The zero-order chi connectivity index (χ0) is 9.14. The fourth-order valence-electron chi connectivity index (χ4n) is 1.89. The normalized spacial score (nSPS) is 35.3. The topological polar surface area (TPSA) is 60.7 Å². The number of aliphatic hydroxyl groups excluding tert-OH is 3. The van der Waals surface area contributed by atoms with Gasteiger partial charge in [-0.3, -0.25) is 0 Å². The van der Waals surface area contributed by atoms with Crippen LogP contribution in [-0.2, 0) is 0 Å². The molecule has 3 atom stereocenters. The molecule has 70 valence electrons. The van der Waals surface area contributed by atoms with Gasteiger partial charge in [-0.1, -0.05) is 11.6 Å². The van der Waals surface area contributed by atoms with E-state index in [1.54, 1.807) is 6.08 Å². The van der Waals surface area contributed by atoms with Crippen LogP contribution >= 0.6 is 0 Å². The highest BCUT2D eigenvalue weighted by Gasteiger charge is 2.32. The molecule has 12 heavy (non-hydrogen) atoms. The van der Waals surface area contributed by atoms with Gasteiger partial charge in [0.05, 0.1) is 6.10 Å². The molecule has 1 rings (SSSR count). The van der Waals surface area contributed by atoms with Gasteiger partial charge in [0.25, 0.3) is 0 Å². The Bertz CT molecular complexity index is 177. The van der Waals surface area contributed by atoms with E-state index in [2.05, 4.69) is 0 Å². The first kappa shape index (κ1) is 9.71. The zero-order valence-corrected chi connectivity index (χ0v) is 7.27. The Hall–Kier alpha value is -0.380. The molecule has 3 N–H and O–H groups in total. The molecular weight excluding hydrogens is 156 g/mol. The van der Waals surface area contributed by atoms with Gasteiger partial charge in [-0.25, -0.2) is 0 Å². The summed E-state index contributed by atoms with van der Waals surface area (Å²) in [5, 5.41) is 27.2. The molecule has 0 amide bonds. The summed E-state index contributed by atoms with van der Waals surface area (Å²) in [6.45, 7) is 2.03. The van der Waals surface area contributed by atoms with Gasteiger partial charge in [0, 0.05) is 19.1 Å². The molecule has 0 aromatic rings. The quantitative estimate of drug-likeness (QED) is 0.522. The van der Waals surface area contributed by atoms with Crippen LogP contribution in [-0.4, -0.2) is 34.6 Å². The summed E-state index contributed by atoms with van der Waals surface area (Å²) < 4.78 is 0. The summed E-state index contributed by atoms with van der Waals surface area (Å²) in [4.78, 5) is 0. The van der Waals surface area contributed by atoms with Crippen molar-refractivity contribution in [2.45, 2.75) is 19.4 Å². The van der Waals surface area contributed by atoms with Crippen molar-refractivity contribution >= 4 is 0 Å². The molecule has 3 nitrogen and oxygen atoms in total. The van der Waals surface area contributed by atoms with Crippen molar-refractivity contribution in [1.82, 2.24) is 0 Å². The molecule has 0 saturated heterocycles. The molecule has 0 saturated carbocycles. The van der Waals surface area contributed by atoms with Gasteiger partial charge in [-0.05, 0) is 19.3 Å². The third-order valence-electron chi connectivity index (χ3n) is 2.63. The fraction of sp³-hybridized carbons (Fsp3) is 0.778. The maximum Gasteiger partial charge on any atom is 0.0759 e. The van der Waals surface area contributed by atoms with Crippen LogP contribution in [0, 0.1) is 11.8 Å². The molecular formula is C9H16O3. The molecule has 0 radical (unpaired) electrons. The van der Waals surface area contributed by atoms with E-state index in [1.807, 2.05) is 6.92 Å². The highest BCUT2D eigenvalue weighted by molar-refractivity contribution is 5.17. The molecule has 0 bridgehead atoms. The molecule has 0 aromatic heterocycles. The Morgan fingerprint density at radius 3 is 2.58 bits per heavy atom. The molecule has 0 fully saturated rings. The van der Waals surface area contributed by atoms with E-state index in [-0.39, 0.29) is 25.0 Å². The number of rotatable bonds is 3. The second-order valence-corrected chi connectivity index (χ2v) is 3.37. The average molecular weight is 172 g/mol. The molecule has 0 unspecified atom stereocenters. The van der Waals surface area contributed by atoms with Gasteiger partial charge in [0.15, 0.2) is 0 Å². The zero-order valence-electron chi connectivity index (χ0n) is 7.27. The Balaban J connectivity index is 2.62. The highest BCUT2D eigenvalue weighted by atomic mass is 16.3. The minimum Gasteiger partial charge on any atom is -0.396 e. The first-order chi connectivity index (χ1) is 5.70. The summed E-state index contributed by atoms with van der Waals surface area (Å²) in [6, 6.07) is 0. The molecule has 1 aliphatic rings. The largest absolute Gasteiger partial charge is 0.396 e. The Kier molecular flexibility index (Phi) is 3.26. The van der Waals surface area contributed by atoms with Crippen LogP contribution in [0.4, 0.5) is 0 Å². The number of hydrogen-bond donors (Lipinski definition) is 3. The highest BCUT2D eigenvalue weighted by Crippen LogP contribution is 2.33. The monoisotopic (exact) mass is 172 g/mol. The lowest BCUT2D eigenvalue weighted by molar-refractivity contribution is 0.0911. The minimum atomic E-state index is -0.491. The van der Waals surface area contributed by atoms with E-state index in [9.17, 15) is 5.11 Å². The maximum absolute atomic E-state index is 9.49.